The van der Waals surface area contributed by atoms with Crippen LogP contribution in [0.15, 0.2) is 0 Å². The van der Waals surface area contributed by atoms with E-state index < -0.39 is 0 Å². The topological polar surface area (TPSA) is 49.8 Å². The van der Waals surface area contributed by atoms with Crippen molar-refractivity contribution in [2.24, 2.45) is 0 Å². The number of ether oxygens (including phenoxy) is 1. The lowest BCUT2D eigenvalue weighted by Crippen LogP contribution is -2.48. The maximum Gasteiger partial charge on any atom is 0.323 e. The van der Waals surface area contributed by atoms with E-state index >= 15 is 0 Å². The minimum Gasteiger partial charge on any atom is -0.465 e. The number of carbonyl (C=O) groups is 1. The minimum atomic E-state index is -0.315. The Balaban J connectivity index is 2.82. The molecule has 0 radical (unpaired) electrons. The highest BCUT2D eigenvalue weighted by Gasteiger charge is 2.33. The summed E-state index contributed by atoms with van der Waals surface area (Å²) in [5.74, 6) is -0.0909. The number of rotatable bonds is 7. The van der Waals surface area contributed by atoms with Crippen LogP contribution in [0.2, 0.25) is 0 Å². The Kier molecular flexibility index (Phi) is 8.15. The Morgan fingerprint density at radius 3 is 2.70 bits per heavy atom. The number of hydrogen-bond donors (Lipinski definition) is 1. The van der Waals surface area contributed by atoms with E-state index in [0.717, 1.165) is 38.6 Å². The van der Waals surface area contributed by atoms with Crippen molar-refractivity contribution >= 4 is 5.97 Å². The molecule has 0 bridgehead atoms. The molecule has 3 atom stereocenters. The molecule has 0 aliphatic carbocycles. The number of carbonyl (C=O) groups excluding carboxylic acids is 1. The molecular formula is C16H31NO3. The number of nitrogens with zero attached hydrogens (tertiary/aromatic N) is 1. The minimum absolute atomic E-state index is 0.0909. The molecule has 4 nitrogen and oxygen atoms in total. The summed E-state index contributed by atoms with van der Waals surface area (Å²) in [5, 5.41) is 9.73. The van der Waals surface area contributed by atoms with Crippen LogP contribution in [-0.2, 0) is 9.53 Å². The van der Waals surface area contributed by atoms with Gasteiger partial charge in [-0.2, -0.15) is 0 Å². The van der Waals surface area contributed by atoms with Crippen LogP contribution in [0, 0.1) is 0 Å². The van der Waals surface area contributed by atoms with Crippen molar-refractivity contribution in [1.82, 2.24) is 4.90 Å². The van der Waals surface area contributed by atoms with Crippen molar-refractivity contribution in [2.75, 3.05) is 13.2 Å². The normalized spacial score (nSPS) is 23.9. The maximum atomic E-state index is 12.2. The molecule has 1 saturated heterocycles. The number of esters is 1. The largest absolute Gasteiger partial charge is 0.465 e. The van der Waals surface area contributed by atoms with Crippen molar-refractivity contribution in [1.29, 1.82) is 0 Å². The molecule has 0 saturated carbocycles. The maximum absolute atomic E-state index is 12.2. The summed E-state index contributed by atoms with van der Waals surface area (Å²) in [6, 6.07) is 0.167. The van der Waals surface area contributed by atoms with Gasteiger partial charge in [-0.25, -0.2) is 0 Å². The average molecular weight is 285 g/mol. The van der Waals surface area contributed by atoms with Crippen LogP contribution in [0.3, 0.4) is 0 Å². The SMILES string of the molecule is CCCC(C(=O)OCC)N1CCCCCC1CC(C)O. The fourth-order valence-corrected chi connectivity index (χ4v) is 3.19. The van der Waals surface area contributed by atoms with Crippen LogP contribution in [0.25, 0.3) is 0 Å². The molecule has 1 aliphatic heterocycles. The van der Waals surface area contributed by atoms with Gasteiger partial charge in [0.2, 0.25) is 0 Å². The highest BCUT2D eigenvalue weighted by atomic mass is 16.5. The molecule has 0 aromatic carbocycles. The Morgan fingerprint density at radius 2 is 2.10 bits per heavy atom. The van der Waals surface area contributed by atoms with Crippen LogP contribution in [-0.4, -0.2) is 47.3 Å². The molecule has 20 heavy (non-hydrogen) atoms. The fourth-order valence-electron chi connectivity index (χ4n) is 3.19. The second-order valence-corrected chi connectivity index (χ2v) is 5.88. The summed E-state index contributed by atoms with van der Waals surface area (Å²) in [7, 11) is 0. The van der Waals surface area contributed by atoms with Crippen molar-refractivity contribution < 1.29 is 14.6 Å². The number of hydrogen-bond acceptors (Lipinski definition) is 4. The molecular weight excluding hydrogens is 254 g/mol. The third-order valence-electron chi connectivity index (χ3n) is 4.06. The smallest absolute Gasteiger partial charge is 0.323 e. The van der Waals surface area contributed by atoms with Crippen molar-refractivity contribution in [3.8, 4) is 0 Å². The summed E-state index contributed by atoms with van der Waals surface area (Å²) < 4.78 is 5.26. The third-order valence-corrected chi connectivity index (χ3v) is 4.06. The van der Waals surface area contributed by atoms with Crippen molar-refractivity contribution in [3.05, 3.63) is 0 Å². The standard InChI is InChI=1S/C16H31NO3/c1-4-9-15(16(19)20-5-2)17-11-8-6-7-10-14(17)12-13(3)18/h13-15,18H,4-12H2,1-3H3. The molecule has 1 N–H and O–H groups in total. The Labute approximate surface area is 123 Å². The Morgan fingerprint density at radius 1 is 1.35 bits per heavy atom. The molecule has 1 fully saturated rings. The molecule has 1 rings (SSSR count). The quantitative estimate of drug-likeness (QED) is 0.731. The molecule has 1 heterocycles. The van der Waals surface area contributed by atoms with Gasteiger partial charge in [0.25, 0.3) is 0 Å². The van der Waals surface area contributed by atoms with Gasteiger partial charge in [0.1, 0.15) is 6.04 Å². The van der Waals surface area contributed by atoms with Gasteiger partial charge in [0.05, 0.1) is 12.7 Å². The molecule has 118 valence electrons. The second kappa shape index (κ2) is 9.35. The van der Waals surface area contributed by atoms with Gasteiger partial charge >= 0.3 is 5.97 Å². The van der Waals surface area contributed by atoms with E-state index in [9.17, 15) is 9.90 Å². The summed E-state index contributed by atoms with van der Waals surface area (Å²) in [6.45, 7) is 7.18. The molecule has 1 aliphatic rings. The highest BCUT2D eigenvalue weighted by molar-refractivity contribution is 5.75. The van der Waals surface area contributed by atoms with E-state index in [1.165, 1.54) is 12.8 Å². The van der Waals surface area contributed by atoms with E-state index in [-0.39, 0.29) is 18.1 Å². The lowest BCUT2D eigenvalue weighted by molar-refractivity contribution is -0.151. The lowest BCUT2D eigenvalue weighted by Gasteiger charge is -2.36. The predicted molar refractivity (Wildman–Crippen MR) is 80.6 cm³/mol. The highest BCUT2D eigenvalue weighted by Crippen LogP contribution is 2.25. The first-order valence-corrected chi connectivity index (χ1v) is 8.20. The van der Waals surface area contributed by atoms with E-state index in [1.54, 1.807) is 0 Å². The predicted octanol–water partition coefficient (Wildman–Crippen LogP) is 2.73. The third kappa shape index (κ3) is 5.41. The van der Waals surface area contributed by atoms with E-state index in [2.05, 4.69) is 11.8 Å². The van der Waals surface area contributed by atoms with E-state index in [1.807, 2.05) is 13.8 Å². The molecule has 0 spiro atoms. The van der Waals surface area contributed by atoms with Gasteiger partial charge < -0.3 is 9.84 Å². The van der Waals surface area contributed by atoms with Crippen LogP contribution in [0.4, 0.5) is 0 Å². The summed E-state index contributed by atoms with van der Waals surface area (Å²) in [4.78, 5) is 14.6. The Hall–Kier alpha value is -0.610. The van der Waals surface area contributed by atoms with Gasteiger partial charge in [0, 0.05) is 6.04 Å². The lowest BCUT2D eigenvalue weighted by atomic mass is 10.0. The van der Waals surface area contributed by atoms with Crippen LogP contribution >= 0.6 is 0 Å². The van der Waals surface area contributed by atoms with Gasteiger partial charge in [0.15, 0.2) is 0 Å². The molecule has 3 unspecified atom stereocenters. The summed E-state index contributed by atoms with van der Waals surface area (Å²) >= 11 is 0. The second-order valence-electron chi connectivity index (χ2n) is 5.88. The van der Waals surface area contributed by atoms with E-state index in [4.69, 9.17) is 4.74 Å². The molecule has 4 heteroatoms. The van der Waals surface area contributed by atoms with Gasteiger partial charge in [-0.05, 0) is 46.1 Å². The monoisotopic (exact) mass is 285 g/mol. The van der Waals surface area contributed by atoms with Crippen LogP contribution < -0.4 is 0 Å². The Bertz CT molecular complexity index is 281. The number of aliphatic hydroxyl groups is 1. The summed E-state index contributed by atoms with van der Waals surface area (Å²) in [5.41, 5.74) is 0. The zero-order chi connectivity index (χ0) is 15.0. The molecule has 0 aromatic rings. The van der Waals surface area contributed by atoms with Gasteiger partial charge in [-0.3, -0.25) is 9.69 Å². The molecule has 0 amide bonds. The van der Waals surface area contributed by atoms with Crippen molar-refractivity contribution in [3.63, 3.8) is 0 Å². The zero-order valence-electron chi connectivity index (χ0n) is 13.3. The fraction of sp³-hybridized carbons (Fsp3) is 0.938. The first kappa shape index (κ1) is 17.4. The number of aliphatic hydroxyl groups excluding tert-OH is 1. The zero-order valence-corrected chi connectivity index (χ0v) is 13.3. The summed E-state index contributed by atoms with van der Waals surface area (Å²) in [6.07, 6.45) is 6.87. The average Bonchev–Trinajstić information content (AvgIpc) is 2.61. The van der Waals surface area contributed by atoms with Crippen LogP contribution in [0.5, 0.6) is 0 Å². The number of likely N-dealkylation sites (tertiary alicyclic amines) is 1. The first-order chi connectivity index (χ1) is 9.60. The molecule has 0 aromatic heterocycles. The first-order valence-electron chi connectivity index (χ1n) is 8.20. The van der Waals surface area contributed by atoms with Gasteiger partial charge in [-0.15, -0.1) is 0 Å². The van der Waals surface area contributed by atoms with Crippen LogP contribution in [0.1, 0.15) is 65.7 Å². The van der Waals surface area contributed by atoms with Crippen molar-refractivity contribution in [2.45, 2.75) is 83.9 Å². The van der Waals surface area contributed by atoms with E-state index in [0.29, 0.717) is 12.6 Å². The van der Waals surface area contributed by atoms with Gasteiger partial charge in [-0.1, -0.05) is 26.2 Å².